The summed E-state index contributed by atoms with van der Waals surface area (Å²) in [4.78, 5) is 22.7. The van der Waals surface area contributed by atoms with Crippen molar-refractivity contribution in [2.75, 3.05) is 13.1 Å². The number of sulfonamides is 1. The summed E-state index contributed by atoms with van der Waals surface area (Å²) < 4.78 is 26.5. The summed E-state index contributed by atoms with van der Waals surface area (Å²) in [5, 5.41) is 13.1. The number of amides is 1. The minimum Gasteiger partial charge on any atom is -0.477 e. The molecule has 23 heavy (non-hydrogen) atoms. The lowest BCUT2D eigenvalue weighted by Crippen LogP contribution is -2.50. The standard InChI is InChI=1S/C14H20N2O5S2/c1-9(2)13(17)15-10-4-3-5-16(7-10)23(20,21)11-6-12(14(18)19)22-8-11/h6,8-10H,3-5,7H2,1-2H3,(H,15,17)(H,18,19). The van der Waals surface area contributed by atoms with Gasteiger partial charge >= 0.3 is 5.97 Å². The molecule has 2 rings (SSSR count). The Hall–Kier alpha value is -1.45. The first kappa shape index (κ1) is 17.9. The first-order chi connectivity index (χ1) is 10.7. The molecule has 0 spiro atoms. The van der Waals surface area contributed by atoms with Gasteiger partial charge in [0.1, 0.15) is 4.88 Å². The molecule has 1 fully saturated rings. The molecular formula is C14H20N2O5S2. The highest BCUT2D eigenvalue weighted by atomic mass is 32.2. The zero-order chi connectivity index (χ0) is 17.2. The molecule has 128 valence electrons. The van der Waals surface area contributed by atoms with Crippen LogP contribution in [0, 0.1) is 5.92 Å². The molecule has 1 aliphatic heterocycles. The molecule has 2 heterocycles. The Kier molecular flexibility index (Phi) is 5.43. The van der Waals surface area contributed by atoms with Gasteiger partial charge in [-0.1, -0.05) is 13.8 Å². The van der Waals surface area contributed by atoms with Gasteiger partial charge < -0.3 is 10.4 Å². The molecule has 1 amide bonds. The summed E-state index contributed by atoms with van der Waals surface area (Å²) in [5.41, 5.74) is 0. The molecule has 0 bridgehead atoms. The van der Waals surface area contributed by atoms with Gasteiger partial charge in [0, 0.05) is 30.4 Å². The van der Waals surface area contributed by atoms with Gasteiger partial charge in [-0.3, -0.25) is 4.79 Å². The average molecular weight is 360 g/mol. The van der Waals surface area contributed by atoms with Gasteiger partial charge in [0.2, 0.25) is 15.9 Å². The van der Waals surface area contributed by atoms with E-state index in [9.17, 15) is 18.0 Å². The lowest BCUT2D eigenvalue weighted by atomic mass is 10.1. The van der Waals surface area contributed by atoms with Crippen molar-refractivity contribution in [2.45, 2.75) is 37.6 Å². The van der Waals surface area contributed by atoms with Crippen molar-refractivity contribution in [1.82, 2.24) is 9.62 Å². The first-order valence-electron chi connectivity index (χ1n) is 7.34. The van der Waals surface area contributed by atoms with Crippen LogP contribution in [0.5, 0.6) is 0 Å². The van der Waals surface area contributed by atoms with Crippen LogP contribution in [-0.2, 0) is 14.8 Å². The van der Waals surface area contributed by atoms with Gasteiger partial charge in [0.15, 0.2) is 0 Å². The minimum atomic E-state index is -3.73. The van der Waals surface area contributed by atoms with E-state index in [1.807, 2.05) is 0 Å². The van der Waals surface area contributed by atoms with E-state index in [2.05, 4.69) is 5.32 Å². The molecule has 0 aromatic carbocycles. The number of thiophene rings is 1. The lowest BCUT2D eigenvalue weighted by Gasteiger charge is -2.32. The number of carbonyl (C=O) groups is 2. The van der Waals surface area contributed by atoms with Crippen LogP contribution in [0.2, 0.25) is 0 Å². The SMILES string of the molecule is CC(C)C(=O)NC1CCCN(S(=O)(=O)c2csc(C(=O)O)c2)C1. The molecule has 0 aliphatic carbocycles. The summed E-state index contributed by atoms with van der Waals surface area (Å²) in [6, 6.07) is 0.963. The molecule has 1 aromatic rings. The molecule has 1 saturated heterocycles. The highest BCUT2D eigenvalue weighted by Gasteiger charge is 2.32. The fourth-order valence-corrected chi connectivity index (χ4v) is 4.98. The predicted molar refractivity (Wildman–Crippen MR) is 86.0 cm³/mol. The van der Waals surface area contributed by atoms with Gasteiger partial charge in [-0.15, -0.1) is 11.3 Å². The molecule has 0 saturated carbocycles. The molecule has 1 unspecified atom stereocenters. The molecule has 9 heteroatoms. The Bertz CT molecular complexity index is 696. The largest absolute Gasteiger partial charge is 0.477 e. The third kappa shape index (κ3) is 4.10. The van der Waals surface area contributed by atoms with Crippen LogP contribution in [0.4, 0.5) is 0 Å². The molecular weight excluding hydrogens is 340 g/mol. The Morgan fingerprint density at radius 2 is 2.13 bits per heavy atom. The van der Waals surface area contributed by atoms with E-state index in [4.69, 9.17) is 5.11 Å². The predicted octanol–water partition coefficient (Wildman–Crippen LogP) is 1.37. The van der Waals surface area contributed by atoms with Crippen LogP contribution in [0.25, 0.3) is 0 Å². The Morgan fingerprint density at radius 1 is 1.43 bits per heavy atom. The summed E-state index contributed by atoms with van der Waals surface area (Å²) in [6.07, 6.45) is 1.38. The van der Waals surface area contributed by atoms with Crippen molar-refractivity contribution < 1.29 is 23.1 Å². The summed E-state index contributed by atoms with van der Waals surface area (Å²) in [7, 11) is -3.73. The molecule has 1 aromatic heterocycles. The number of nitrogens with zero attached hydrogens (tertiary/aromatic N) is 1. The average Bonchev–Trinajstić information content (AvgIpc) is 2.98. The number of piperidine rings is 1. The Balaban J connectivity index is 2.12. The van der Waals surface area contributed by atoms with Gasteiger partial charge in [-0.2, -0.15) is 4.31 Å². The van der Waals surface area contributed by atoms with Gasteiger partial charge in [-0.05, 0) is 18.9 Å². The number of carboxylic acids is 1. The maximum absolute atomic E-state index is 12.6. The second kappa shape index (κ2) is 6.98. The highest BCUT2D eigenvalue weighted by Crippen LogP contribution is 2.25. The van der Waals surface area contributed by atoms with E-state index in [-0.39, 0.29) is 34.2 Å². The summed E-state index contributed by atoms with van der Waals surface area (Å²) in [6.45, 7) is 4.14. The minimum absolute atomic E-state index is 0.00395. The molecule has 1 aliphatic rings. The van der Waals surface area contributed by atoms with Gasteiger partial charge in [0.05, 0.1) is 4.90 Å². The van der Waals surface area contributed by atoms with Crippen molar-refractivity contribution >= 4 is 33.2 Å². The number of hydrogen-bond acceptors (Lipinski definition) is 5. The molecule has 7 nitrogen and oxygen atoms in total. The van der Waals surface area contributed by atoms with E-state index in [0.29, 0.717) is 13.0 Å². The van der Waals surface area contributed by atoms with Gasteiger partial charge in [0.25, 0.3) is 0 Å². The molecule has 2 N–H and O–H groups in total. The number of rotatable bonds is 5. The third-order valence-electron chi connectivity index (χ3n) is 3.68. The van der Waals surface area contributed by atoms with Gasteiger partial charge in [-0.25, -0.2) is 13.2 Å². The normalized spacial score (nSPS) is 19.7. The topological polar surface area (TPSA) is 104 Å². The van der Waals surface area contributed by atoms with Crippen molar-refractivity contribution in [3.8, 4) is 0 Å². The van der Waals surface area contributed by atoms with Crippen molar-refractivity contribution in [2.24, 2.45) is 5.92 Å². The van der Waals surface area contributed by atoms with Crippen molar-refractivity contribution in [1.29, 1.82) is 0 Å². The number of carbonyl (C=O) groups excluding carboxylic acids is 1. The molecule has 0 radical (unpaired) electrons. The fraction of sp³-hybridized carbons (Fsp3) is 0.571. The Labute approximate surface area is 139 Å². The van der Waals surface area contributed by atoms with E-state index in [1.165, 1.54) is 15.8 Å². The number of aromatic carboxylic acids is 1. The van der Waals surface area contributed by atoms with Crippen LogP contribution in [-0.4, -0.2) is 48.8 Å². The van der Waals surface area contributed by atoms with Crippen LogP contribution < -0.4 is 5.32 Å². The summed E-state index contributed by atoms with van der Waals surface area (Å²) >= 11 is 0.889. The van der Waals surface area contributed by atoms with E-state index in [0.717, 1.165) is 17.8 Å². The Morgan fingerprint density at radius 3 is 2.70 bits per heavy atom. The number of nitrogens with one attached hydrogen (secondary N) is 1. The van der Waals surface area contributed by atoms with E-state index < -0.39 is 16.0 Å². The smallest absolute Gasteiger partial charge is 0.345 e. The molecule has 1 atom stereocenters. The van der Waals surface area contributed by atoms with E-state index >= 15 is 0 Å². The monoisotopic (exact) mass is 360 g/mol. The number of hydrogen-bond donors (Lipinski definition) is 2. The highest BCUT2D eigenvalue weighted by molar-refractivity contribution is 7.89. The van der Waals surface area contributed by atoms with Crippen LogP contribution in [0.3, 0.4) is 0 Å². The lowest BCUT2D eigenvalue weighted by molar-refractivity contribution is -0.124. The first-order valence-corrected chi connectivity index (χ1v) is 9.66. The second-order valence-electron chi connectivity index (χ2n) is 5.82. The fourth-order valence-electron chi connectivity index (χ4n) is 2.36. The zero-order valence-electron chi connectivity index (χ0n) is 13.0. The maximum atomic E-state index is 12.6. The van der Waals surface area contributed by atoms with Crippen LogP contribution >= 0.6 is 11.3 Å². The van der Waals surface area contributed by atoms with Crippen molar-refractivity contribution in [3.63, 3.8) is 0 Å². The second-order valence-corrected chi connectivity index (χ2v) is 8.67. The van der Waals surface area contributed by atoms with Crippen LogP contribution in [0.1, 0.15) is 36.4 Å². The zero-order valence-corrected chi connectivity index (χ0v) is 14.6. The van der Waals surface area contributed by atoms with Crippen molar-refractivity contribution in [3.05, 3.63) is 16.3 Å². The number of carboxylic acid groups (broad SMARTS) is 1. The summed E-state index contributed by atoms with van der Waals surface area (Å²) in [5.74, 6) is -1.40. The maximum Gasteiger partial charge on any atom is 0.345 e. The van der Waals surface area contributed by atoms with E-state index in [1.54, 1.807) is 13.8 Å². The van der Waals surface area contributed by atoms with Crippen LogP contribution in [0.15, 0.2) is 16.3 Å². The quantitative estimate of drug-likeness (QED) is 0.825. The third-order valence-corrected chi connectivity index (χ3v) is 6.59.